The molecule has 3 heterocycles. The molecule has 4 rings (SSSR count). The molecule has 1 aromatic heterocycles. The Morgan fingerprint density at radius 2 is 1.93 bits per heavy atom. The fourth-order valence-corrected chi connectivity index (χ4v) is 3.60. The minimum absolute atomic E-state index is 0. The van der Waals surface area contributed by atoms with Crippen LogP contribution < -0.4 is 14.8 Å². The van der Waals surface area contributed by atoms with E-state index in [1.54, 1.807) is 0 Å². The van der Waals surface area contributed by atoms with Crippen molar-refractivity contribution in [1.29, 1.82) is 0 Å². The molecule has 29 heavy (non-hydrogen) atoms. The number of rotatable bonds is 5. The number of benzene rings is 1. The first kappa shape index (κ1) is 21.6. The van der Waals surface area contributed by atoms with Crippen molar-refractivity contribution in [1.82, 2.24) is 20.1 Å². The highest BCUT2D eigenvalue weighted by Gasteiger charge is 2.20. The van der Waals surface area contributed by atoms with Crippen molar-refractivity contribution >= 4 is 29.9 Å². The van der Waals surface area contributed by atoms with Crippen LogP contribution in [-0.4, -0.2) is 67.3 Å². The molecule has 1 saturated heterocycles. The summed E-state index contributed by atoms with van der Waals surface area (Å²) in [6.45, 7) is 6.04. The predicted molar refractivity (Wildman–Crippen MR) is 124 cm³/mol. The van der Waals surface area contributed by atoms with Crippen LogP contribution in [0.4, 0.5) is 0 Å². The van der Waals surface area contributed by atoms with Crippen molar-refractivity contribution in [3.63, 3.8) is 0 Å². The van der Waals surface area contributed by atoms with Gasteiger partial charge in [0.2, 0.25) is 6.79 Å². The first-order valence-corrected chi connectivity index (χ1v) is 9.78. The average Bonchev–Trinajstić information content (AvgIpc) is 3.21. The number of hydrogen-bond acceptors (Lipinski definition) is 5. The van der Waals surface area contributed by atoms with E-state index in [9.17, 15) is 0 Å². The number of nitrogens with zero attached hydrogens (tertiary/aromatic N) is 4. The lowest BCUT2D eigenvalue weighted by atomic mass is 10.1. The fraction of sp³-hybridized carbons (Fsp3) is 0.429. The van der Waals surface area contributed by atoms with Crippen molar-refractivity contribution < 1.29 is 9.47 Å². The molecule has 0 unspecified atom stereocenters. The van der Waals surface area contributed by atoms with Gasteiger partial charge in [0, 0.05) is 64.6 Å². The van der Waals surface area contributed by atoms with Gasteiger partial charge < -0.3 is 19.7 Å². The van der Waals surface area contributed by atoms with E-state index in [4.69, 9.17) is 9.47 Å². The summed E-state index contributed by atoms with van der Waals surface area (Å²) in [6.07, 6.45) is 2.73. The van der Waals surface area contributed by atoms with Crippen LogP contribution in [0.3, 0.4) is 0 Å². The second-order valence-corrected chi connectivity index (χ2v) is 7.00. The van der Waals surface area contributed by atoms with Crippen molar-refractivity contribution in [2.45, 2.75) is 13.0 Å². The molecule has 1 N–H and O–H groups in total. The molecule has 1 fully saturated rings. The second kappa shape index (κ2) is 10.6. The Balaban J connectivity index is 0.00000240. The molecule has 0 bridgehead atoms. The highest BCUT2D eigenvalue weighted by molar-refractivity contribution is 14.0. The van der Waals surface area contributed by atoms with E-state index in [-0.39, 0.29) is 24.0 Å². The number of pyridine rings is 1. The van der Waals surface area contributed by atoms with Gasteiger partial charge in [-0.1, -0.05) is 12.1 Å². The van der Waals surface area contributed by atoms with E-state index >= 15 is 0 Å². The quantitative estimate of drug-likeness (QED) is 0.380. The zero-order chi connectivity index (χ0) is 19.2. The third-order valence-corrected chi connectivity index (χ3v) is 5.12. The van der Waals surface area contributed by atoms with Crippen LogP contribution in [0.2, 0.25) is 0 Å². The Kier molecular flexibility index (Phi) is 7.93. The molecule has 8 heteroatoms. The Morgan fingerprint density at radius 3 is 2.69 bits per heavy atom. The van der Waals surface area contributed by atoms with Gasteiger partial charge in [-0.2, -0.15) is 0 Å². The zero-order valence-electron chi connectivity index (χ0n) is 16.7. The maximum absolute atomic E-state index is 5.48. The van der Waals surface area contributed by atoms with E-state index in [1.165, 1.54) is 5.56 Å². The largest absolute Gasteiger partial charge is 0.454 e. The molecule has 2 aliphatic heterocycles. The van der Waals surface area contributed by atoms with Gasteiger partial charge in [-0.05, 0) is 29.8 Å². The highest BCUT2D eigenvalue weighted by Crippen LogP contribution is 2.32. The van der Waals surface area contributed by atoms with Gasteiger partial charge in [-0.15, -0.1) is 24.0 Å². The summed E-state index contributed by atoms with van der Waals surface area (Å²) in [5.74, 6) is 2.67. The number of nitrogens with one attached hydrogen (secondary N) is 1. The summed E-state index contributed by atoms with van der Waals surface area (Å²) in [6, 6.07) is 12.2. The zero-order valence-corrected chi connectivity index (χ0v) is 19.0. The van der Waals surface area contributed by atoms with Crippen LogP contribution in [-0.2, 0) is 13.0 Å². The Morgan fingerprint density at radius 1 is 1.10 bits per heavy atom. The van der Waals surface area contributed by atoms with Gasteiger partial charge in [0.25, 0.3) is 0 Å². The monoisotopic (exact) mass is 509 g/mol. The van der Waals surface area contributed by atoms with E-state index in [0.717, 1.165) is 68.8 Å². The highest BCUT2D eigenvalue weighted by atomic mass is 127. The van der Waals surface area contributed by atoms with Gasteiger partial charge in [-0.3, -0.25) is 14.9 Å². The maximum Gasteiger partial charge on any atom is 0.231 e. The smallest absolute Gasteiger partial charge is 0.231 e. The van der Waals surface area contributed by atoms with Crippen LogP contribution in [0.1, 0.15) is 11.3 Å². The molecule has 2 aliphatic rings. The summed E-state index contributed by atoms with van der Waals surface area (Å²) >= 11 is 0. The van der Waals surface area contributed by atoms with Crippen molar-refractivity contribution in [2.24, 2.45) is 4.99 Å². The van der Waals surface area contributed by atoms with E-state index < -0.39 is 0 Å². The van der Waals surface area contributed by atoms with Crippen LogP contribution in [0, 0.1) is 0 Å². The molecule has 1 aromatic carbocycles. The van der Waals surface area contributed by atoms with Gasteiger partial charge in [0.05, 0.1) is 0 Å². The van der Waals surface area contributed by atoms with Gasteiger partial charge in [0.15, 0.2) is 17.5 Å². The Bertz CT molecular complexity index is 810. The van der Waals surface area contributed by atoms with Crippen molar-refractivity contribution in [2.75, 3.05) is 46.6 Å². The summed E-state index contributed by atoms with van der Waals surface area (Å²) < 4.78 is 10.9. The number of halogens is 1. The molecule has 2 aromatic rings. The van der Waals surface area contributed by atoms with E-state index in [1.807, 2.05) is 31.4 Å². The minimum Gasteiger partial charge on any atom is -0.454 e. The number of hydrogen-bond donors (Lipinski definition) is 1. The summed E-state index contributed by atoms with van der Waals surface area (Å²) in [7, 11) is 1.85. The molecular weight excluding hydrogens is 481 g/mol. The standard InChI is InChI=1S/C21H27N5O2.HI/c1-22-21(24-9-7-18-4-2-3-8-23-18)26-12-10-25(11-13-26)15-17-5-6-19-20(14-17)28-16-27-19;/h2-6,8,14H,7,9-13,15-16H2,1H3,(H,22,24);1H. The molecule has 7 nitrogen and oxygen atoms in total. The molecule has 0 atom stereocenters. The van der Waals surface area contributed by atoms with Crippen LogP contribution >= 0.6 is 24.0 Å². The summed E-state index contributed by atoms with van der Waals surface area (Å²) in [5, 5.41) is 3.47. The SMILES string of the molecule is CN=C(NCCc1ccccn1)N1CCN(Cc2ccc3c(c2)OCO3)CC1.I. The first-order valence-electron chi connectivity index (χ1n) is 9.78. The van der Waals surface area contributed by atoms with Gasteiger partial charge in [0.1, 0.15) is 0 Å². The lowest BCUT2D eigenvalue weighted by molar-refractivity contribution is 0.171. The normalized spacial score (nSPS) is 16.4. The topological polar surface area (TPSA) is 62.2 Å². The van der Waals surface area contributed by atoms with Crippen LogP contribution in [0.5, 0.6) is 11.5 Å². The third-order valence-electron chi connectivity index (χ3n) is 5.12. The first-order chi connectivity index (χ1) is 13.8. The lowest BCUT2D eigenvalue weighted by Gasteiger charge is -2.36. The predicted octanol–water partition coefficient (Wildman–Crippen LogP) is 2.36. The number of guanidine groups is 1. The van der Waals surface area contributed by atoms with E-state index in [0.29, 0.717) is 6.79 Å². The molecule has 0 saturated carbocycles. The van der Waals surface area contributed by atoms with Crippen LogP contribution in [0.25, 0.3) is 0 Å². The molecule has 0 radical (unpaired) electrons. The Labute approximate surface area is 189 Å². The van der Waals surface area contributed by atoms with Crippen molar-refractivity contribution in [3.05, 3.63) is 53.9 Å². The number of fused-ring (bicyclic) bond motifs is 1. The van der Waals surface area contributed by atoms with E-state index in [2.05, 4.69) is 43.3 Å². The maximum atomic E-state index is 5.48. The minimum atomic E-state index is 0. The number of aromatic nitrogens is 1. The lowest BCUT2D eigenvalue weighted by Crippen LogP contribution is -2.52. The number of aliphatic imine (C=N–C) groups is 1. The van der Waals surface area contributed by atoms with Gasteiger partial charge in [-0.25, -0.2) is 0 Å². The molecule has 0 aliphatic carbocycles. The molecule has 156 valence electrons. The molecule has 0 amide bonds. The summed E-state index contributed by atoms with van der Waals surface area (Å²) in [4.78, 5) is 13.6. The average molecular weight is 509 g/mol. The second-order valence-electron chi connectivity index (χ2n) is 7.00. The molecular formula is C21H28IN5O2. The van der Waals surface area contributed by atoms with Crippen molar-refractivity contribution in [3.8, 4) is 11.5 Å². The van der Waals surface area contributed by atoms with Gasteiger partial charge >= 0.3 is 0 Å². The number of ether oxygens (including phenoxy) is 2. The Hall–Kier alpha value is -2.07. The summed E-state index contributed by atoms with van der Waals surface area (Å²) in [5.41, 5.74) is 2.36. The number of piperazine rings is 1. The molecule has 0 spiro atoms. The fourth-order valence-electron chi connectivity index (χ4n) is 3.60. The van der Waals surface area contributed by atoms with Crippen LogP contribution in [0.15, 0.2) is 47.6 Å². The third kappa shape index (κ3) is 5.72.